The third-order valence-electron chi connectivity index (χ3n) is 3.35. The summed E-state index contributed by atoms with van der Waals surface area (Å²) in [6.07, 6.45) is 6.40. The van der Waals surface area contributed by atoms with Crippen LogP contribution in [0.2, 0.25) is 5.02 Å². The van der Waals surface area contributed by atoms with Gasteiger partial charge in [0.25, 0.3) is 0 Å². The van der Waals surface area contributed by atoms with Gasteiger partial charge in [-0.05, 0) is 56.3 Å². The highest BCUT2D eigenvalue weighted by Gasteiger charge is 2.17. The molecule has 1 aromatic rings. The van der Waals surface area contributed by atoms with E-state index in [-0.39, 0.29) is 0 Å². The van der Waals surface area contributed by atoms with Crippen molar-refractivity contribution in [2.45, 2.75) is 51.7 Å². The highest BCUT2D eigenvalue weighted by molar-refractivity contribution is 6.32. The van der Waals surface area contributed by atoms with Crippen LogP contribution in [0.25, 0.3) is 0 Å². The predicted molar refractivity (Wildman–Crippen MR) is 76.3 cm³/mol. The van der Waals surface area contributed by atoms with Crippen molar-refractivity contribution in [3.8, 4) is 5.75 Å². The van der Waals surface area contributed by atoms with Gasteiger partial charge in [0.2, 0.25) is 0 Å². The standard InChI is InChI=1S/C15H22ClNO/c1-2-9-17-11-12-7-8-15(14(16)10-12)18-13-5-3-4-6-13/h7-8,10,13,17H,2-6,9,11H2,1H3. The van der Waals surface area contributed by atoms with Gasteiger partial charge in [0.05, 0.1) is 11.1 Å². The molecule has 1 saturated carbocycles. The first kappa shape index (κ1) is 13.7. The van der Waals surface area contributed by atoms with E-state index < -0.39 is 0 Å². The van der Waals surface area contributed by atoms with E-state index in [0.717, 1.165) is 43.1 Å². The van der Waals surface area contributed by atoms with Crippen LogP contribution in [-0.4, -0.2) is 12.6 Å². The maximum Gasteiger partial charge on any atom is 0.138 e. The molecule has 100 valence electrons. The molecule has 2 rings (SSSR count). The molecular formula is C15H22ClNO. The van der Waals surface area contributed by atoms with Crippen LogP contribution >= 0.6 is 11.6 Å². The van der Waals surface area contributed by atoms with Crippen molar-refractivity contribution in [1.29, 1.82) is 0 Å². The van der Waals surface area contributed by atoms with E-state index in [1.165, 1.54) is 18.4 Å². The average Bonchev–Trinajstić information content (AvgIpc) is 2.86. The van der Waals surface area contributed by atoms with Gasteiger partial charge >= 0.3 is 0 Å². The van der Waals surface area contributed by atoms with Crippen LogP contribution in [-0.2, 0) is 6.54 Å². The Morgan fingerprint density at radius 1 is 1.33 bits per heavy atom. The number of halogens is 1. The lowest BCUT2D eigenvalue weighted by atomic mass is 10.2. The van der Waals surface area contributed by atoms with Crippen molar-refractivity contribution in [1.82, 2.24) is 5.32 Å². The van der Waals surface area contributed by atoms with Crippen LogP contribution in [0.15, 0.2) is 18.2 Å². The first-order valence-corrected chi connectivity index (χ1v) is 7.33. The fourth-order valence-electron chi connectivity index (χ4n) is 2.35. The molecule has 1 aromatic carbocycles. The first-order chi connectivity index (χ1) is 8.79. The van der Waals surface area contributed by atoms with Crippen LogP contribution in [0.4, 0.5) is 0 Å². The van der Waals surface area contributed by atoms with Gasteiger partial charge in [0, 0.05) is 6.54 Å². The monoisotopic (exact) mass is 267 g/mol. The van der Waals surface area contributed by atoms with Gasteiger partial charge in [-0.15, -0.1) is 0 Å². The van der Waals surface area contributed by atoms with Crippen LogP contribution in [0, 0.1) is 0 Å². The van der Waals surface area contributed by atoms with Gasteiger partial charge in [-0.1, -0.05) is 24.6 Å². The molecule has 0 aromatic heterocycles. The van der Waals surface area contributed by atoms with Crippen LogP contribution in [0.5, 0.6) is 5.75 Å². The maximum absolute atomic E-state index is 6.27. The topological polar surface area (TPSA) is 21.3 Å². The predicted octanol–water partition coefficient (Wildman–Crippen LogP) is 4.16. The molecule has 0 amide bonds. The lowest BCUT2D eigenvalue weighted by molar-refractivity contribution is 0.210. The number of ether oxygens (including phenoxy) is 1. The van der Waals surface area contributed by atoms with Gasteiger partial charge in [0.15, 0.2) is 0 Å². The zero-order valence-corrected chi connectivity index (χ0v) is 11.8. The summed E-state index contributed by atoms with van der Waals surface area (Å²) in [7, 11) is 0. The van der Waals surface area contributed by atoms with E-state index >= 15 is 0 Å². The quantitative estimate of drug-likeness (QED) is 0.782. The summed E-state index contributed by atoms with van der Waals surface area (Å²) in [5.41, 5.74) is 1.22. The van der Waals surface area contributed by atoms with E-state index in [1.54, 1.807) is 0 Å². The Labute approximate surface area is 115 Å². The molecule has 1 aliphatic rings. The van der Waals surface area contributed by atoms with Gasteiger partial charge in [-0.3, -0.25) is 0 Å². The molecule has 1 N–H and O–H groups in total. The zero-order valence-electron chi connectivity index (χ0n) is 11.0. The number of benzene rings is 1. The summed E-state index contributed by atoms with van der Waals surface area (Å²) in [5, 5.41) is 4.11. The number of hydrogen-bond acceptors (Lipinski definition) is 2. The minimum Gasteiger partial charge on any atom is -0.489 e. The van der Waals surface area contributed by atoms with Gasteiger partial charge < -0.3 is 10.1 Å². The SMILES string of the molecule is CCCNCc1ccc(OC2CCCC2)c(Cl)c1. The molecule has 3 heteroatoms. The van der Waals surface area contributed by atoms with Crippen molar-refractivity contribution < 1.29 is 4.74 Å². The van der Waals surface area contributed by atoms with Crippen molar-refractivity contribution in [3.63, 3.8) is 0 Å². The molecule has 0 radical (unpaired) electrons. The molecule has 0 spiro atoms. The summed E-state index contributed by atoms with van der Waals surface area (Å²) in [5.74, 6) is 0.836. The molecule has 1 fully saturated rings. The lowest BCUT2D eigenvalue weighted by Gasteiger charge is -2.15. The molecule has 0 aliphatic heterocycles. The van der Waals surface area contributed by atoms with Crippen LogP contribution in [0.3, 0.4) is 0 Å². The van der Waals surface area contributed by atoms with E-state index in [2.05, 4.69) is 18.3 Å². The van der Waals surface area contributed by atoms with E-state index in [0.29, 0.717) is 6.10 Å². The zero-order chi connectivity index (χ0) is 12.8. The third kappa shape index (κ3) is 3.89. The second-order valence-electron chi connectivity index (χ2n) is 4.97. The second-order valence-corrected chi connectivity index (χ2v) is 5.37. The highest BCUT2D eigenvalue weighted by atomic mass is 35.5. The fourth-order valence-corrected chi connectivity index (χ4v) is 2.59. The minimum atomic E-state index is 0.367. The normalized spacial score (nSPS) is 16.1. The molecule has 0 bridgehead atoms. The largest absolute Gasteiger partial charge is 0.489 e. The highest BCUT2D eigenvalue weighted by Crippen LogP contribution is 2.30. The van der Waals surface area contributed by atoms with E-state index in [4.69, 9.17) is 16.3 Å². The van der Waals surface area contributed by atoms with E-state index in [1.807, 2.05) is 12.1 Å². The molecule has 18 heavy (non-hydrogen) atoms. The molecule has 2 nitrogen and oxygen atoms in total. The average molecular weight is 268 g/mol. The molecular weight excluding hydrogens is 246 g/mol. The molecule has 1 aliphatic carbocycles. The molecule has 0 unspecified atom stereocenters. The smallest absolute Gasteiger partial charge is 0.138 e. The van der Waals surface area contributed by atoms with Crippen molar-refractivity contribution in [2.75, 3.05) is 6.54 Å². The van der Waals surface area contributed by atoms with Gasteiger partial charge in [-0.25, -0.2) is 0 Å². The number of rotatable bonds is 6. The first-order valence-electron chi connectivity index (χ1n) is 6.95. The second kappa shape index (κ2) is 7.01. The summed E-state index contributed by atoms with van der Waals surface area (Å²) in [6, 6.07) is 6.11. The minimum absolute atomic E-state index is 0.367. The Bertz CT molecular complexity index is 375. The maximum atomic E-state index is 6.27. The van der Waals surface area contributed by atoms with E-state index in [9.17, 15) is 0 Å². The Morgan fingerprint density at radius 3 is 2.78 bits per heavy atom. The van der Waals surface area contributed by atoms with Crippen molar-refractivity contribution in [2.24, 2.45) is 0 Å². The Morgan fingerprint density at radius 2 is 2.11 bits per heavy atom. The fraction of sp³-hybridized carbons (Fsp3) is 0.600. The summed E-state index contributed by atoms with van der Waals surface area (Å²) in [4.78, 5) is 0. The Hall–Kier alpha value is -0.730. The van der Waals surface area contributed by atoms with Crippen LogP contribution in [0.1, 0.15) is 44.6 Å². The van der Waals surface area contributed by atoms with Crippen molar-refractivity contribution in [3.05, 3.63) is 28.8 Å². The molecule has 0 heterocycles. The third-order valence-corrected chi connectivity index (χ3v) is 3.64. The van der Waals surface area contributed by atoms with Crippen molar-refractivity contribution >= 4 is 11.6 Å². The number of hydrogen-bond donors (Lipinski definition) is 1. The summed E-state index contributed by atoms with van der Waals surface area (Å²) in [6.45, 7) is 4.08. The van der Waals surface area contributed by atoms with Crippen LogP contribution < -0.4 is 10.1 Å². The van der Waals surface area contributed by atoms with Gasteiger partial charge in [-0.2, -0.15) is 0 Å². The Balaban J connectivity index is 1.91. The molecule has 0 atom stereocenters. The molecule has 0 saturated heterocycles. The van der Waals surface area contributed by atoms with Gasteiger partial charge in [0.1, 0.15) is 5.75 Å². The summed E-state index contributed by atoms with van der Waals surface area (Å²) >= 11 is 6.27. The lowest BCUT2D eigenvalue weighted by Crippen LogP contribution is -2.14. The summed E-state index contributed by atoms with van der Waals surface area (Å²) < 4.78 is 5.93. The Kier molecular flexibility index (Phi) is 5.33. The number of nitrogens with one attached hydrogen (secondary N) is 1.